The Hall–Kier alpha value is -3.48. The quantitative estimate of drug-likeness (QED) is 0.592. The number of allylic oxidation sites excluding steroid dienone is 1. The largest absolute Gasteiger partial charge is 0.492 e. The van der Waals surface area contributed by atoms with Gasteiger partial charge in [0.15, 0.2) is 11.5 Å². The molecule has 0 unspecified atom stereocenters. The van der Waals surface area contributed by atoms with Gasteiger partial charge < -0.3 is 24.4 Å². The molecular formula is C27H32N2O5. The van der Waals surface area contributed by atoms with Crippen LogP contribution in [0.1, 0.15) is 53.7 Å². The van der Waals surface area contributed by atoms with Crippen molar-refractivity contribution in [2.24, 2.45) is 5.92 Å². The van der Waals surface area contributed by atoms with E-state index in [-0.39, 0.29) is 24.4 Å². The van der Waals surface area contributed by atoms with Crippen LogP contribution in [0.15, 0.2) is 30.0 Å². The van der Waals surface area contributed by atoms with Gasteiger partial charge in [-0.15, -0.1) is 0 Å². The maximum absolute atomic E-state index is 13.7. The zero-order chi connectivity index (χ0) is 24.4. The highest BCUT2D eigenvalue weighted by molar-refractivity contribution is 6.12. The van der Waals surface area contributed by atoms with E-state index in [2.05, 4.69) is 5.32 Å². The minimum atomic E-state index is -0.117. The predicted molar refractivity (Wildman–Crippen MR) is 132 cm³/mol. The first-order valence-corrected chi connectivity index (χ1v) is 11.8. The summed E-state index contributed by atoms with van der Waals surface area (Å²) in [6, 6.07) is 7.42. The fourth-order valence-corrected chi connectivity index (χ4v) is 4.48. The summed E-state index contributed by atoms with van der Waals surface area (Å²) in [5.41, 5.74) is 4.52. The molecule has 1 amide bonds. The molecule has 1 N–H and O–H groups in total. The van der Waals surface area contributed by atoms with E-state index in [1.165, 1.54) is 0 Å². The second-order valence-electron chi connectivity index (χ2n) is 8.78. The number of methoxy groups -OCH3 is 1. The van der Waals surface area contributed by atoms with Crippen LogP contribution >= 0.6 is 0 Å². The molecule has 0 radical (unpaired) electrons. The minimum absolute atomic E-state index is 0.0155. The van der Waals surface area contributed by atoms with Crippen molar-refractivity contribution in [3.63, 3.8) is 0 Å². The Labute approximate surface area is 200 Å². The Morgan fingerprint density at radius 2 is 1.94 bits per heavy atom. The first-order valence-electron chi connectivity index (χ1n) is 11.8. The van der Waals surface area contributed by atoms with Gasteiger partial charge in [0.1, 0.15) is 0 Å². The molecule has 180 valence electrons. The zero-order valence-electron chi connectivity index (χ0n) is 20.5. The highest BCUT2D eigenvalue weighted by atomic mass is 16.7. The van der Waals surface area contributed by atoms with E-state index in [4.69, 9.17) is 14.2 Å². The third kappa shape index (κ3) is 4.34. The highest BCUT2D eigenvalue weighted by Gasteiger charge is 2.28. The molecule has 2 aliphatic rings. The molecule has 34 heavy (non-hydrogen) atoms. The van der Waals surface area contributed by atoms with Gasteiger partial charge >= 0.3 is 0 Å². The number of carbonyl (C=O) groups is 2. The lowest BCUT2D eigenvalue weighted by molar-refractivity contribution is -0.120. The number of nitrogens with zero attached hydrogens (tertiary/aromatic N) is 1. The standard InChI is InChI=1S/C27H32N2O5/c1-6-17(7-2)27(31)28-21-12-19(9-8-16(21)3)24(30)22-14-20-18(10-11-29(22)4)13-23-26(25(20)32-5)34-15-33-23/h8-9,12-14,17H,6-7,10-11,15H2,1-5H3,(H,28,31). The Morgan fingerprint density at radius 3 is 2.65 bits per heavy atom. The molecule has 2 aliphatic heterocycles. The number of benzene rings is 2. The van der Waals surface area contributed by atoms with Gasteiger partial charge in [-0.05, 0) is 55.5 Å². The predicted octanol–water partition coefficient (Wildman–Crippen LogP) is 4.82. The van der Waals surface area contributed by atoms with Crippen LogP contribution in [0.4, 0.5) is 5.69 Å². The van der Waals surface area contributed by atoms with Gasteiger partial charge in [0.2, 0.25) is 24.2 Å². The van der Waals surface area contributed by atoms with Crippen LogP contribution in [0.3, 0.4) is 0 Å². The van der Waals surface area contributed by atoms with E-state index in [0.29, 0.717) is 40.7 Å². The molecule has 2 aromatic rings. The van der Waals surface area contributed by atoms with Crippen molar-refractivity contribution in [1.82, 2.24) is 4.90 Å². The van der Waals surface area contributed by atoms with Gasteiger partial charge in [0.05, 0.1) is 12.8 Å². The van der Waals surface area contributed by atoms with E-state index < -0.39 is 0 Å². The molecule has 7 nitrogen and oxygen atoms in total. The van der Waals surface area contributed by atoms with Crippen molar-refractivity contribution < 1.29 is 23.8 Å². The SMILES string of the molecule is CCC(CC)C(=O)Nc1cc(C(=O)C2=Cc3c(cc4c(c3OC)OCO4)CCN2C)ccc1C. The second kappa shape index (κ2) is 9.79. The summed E-state index contributed by atoms with van der Waals surface area (Å²) in [4.78, 5) is 28.3. The lowest BCUT2D eigenvalue weighted by Gasteiger charge is -2.20. The number of carbonyl (C=O) groups excluding carboxylic acids is 2. The molecule has 0 spiro atoms. The zero-order valence-corrected chi connectivity index (χ0v) is 20.5. The van der Waals surface area contributed by atoms with E-state index >= 15 is 0 Å². The topological polar surface area (TPSA) is 77.1 Å². The molecule has 2 heterocycles. The van der Waals surface area contributed by atoms with Crippen molar-refractivity contribution in [1.29, 1.82) is 0 Å². The van der Waals surface area contributed by atoms with Crippen molar-refractivity contribution in [3.05, 3.63) is 52.2 Å². The number of rotatable bonds is 7. The summed E-state index contributed by atoms with van der Waals surface area (Å²) in [6.07, 6.45) is 4.15. The first kappa shape index (κ1) is 23.7. The number of fused-ring (bicyclic) bond motifs is 2. The molecule has 0 bridgehead atoms. The maximum Gasteiger partial charge on any atom is 0.231 e. The van der Waals surface area contributed by atoms with Crippen LogP contribution in [0.25, 0.3) is 6.08 Å². The van der Waals surface area contributed by atoms with Gasteiger partial charge in [-0.25, -0.2) is 0 Å². The summed E-state index contributed by atoms with van der Waals surface area (Å²) in [6.45, 7) is 6.76. The number of aryl methyl sites for hydroxylation is 1. The van der Waals surface area contributed by atoms with Crippen molar-refractivity contribution in [2.45, 2.75) is 40.0 Å². The van der Waals surface area contributed by atoms with Crippen molar-refractivity contribution >= 4 is 23.5 Å². The van der Waals surface area contributed by atoms with Gasteiger partial charge in [-0.3, -0.25) is 9.59 Å². The first-order chi connectivity index (χ1) is 16.4. The fraction of sp³-hybridized carbons (Fsp3) is 0.407. The summed E-state index contributed by atoms with van der Waals surface area (Å²) in [7, 11) is 3.50. The number of hydrogen-bond acceptors (Lipinski definition) is 6. The molecule has 4 rings (SSSR count). The Balaban J connectivity index is 1.71. The van der Waals surface area contributed by atoms with E-state index in [1.54, 1.807) is 13.2 Å². The van der Waals surface area contributed by atoms with Crippen LogP contribution in [0.2, 0.25) is 0 Å². The average Bonchev–Trinajstić information content (AvgIpc) is 3.23. The molecule has 0 saturated heterocycles. The van der Waals surface area contributed by atoms with E-state index in [1.807, 2.05) is 57.0 Å². The number of amides is 1. The Morgan fingerprint density at radius 1 is 1.18 bits per heavy atom. The fourth-order valence-electron chi connectivity index (χ4n) is 4.48. The minimum Gasteiger partial charge on any atom is -0.492 e. The molecule has 0 aromatic heterocycles. The lowest BCUT2D eigenvalue weighted by atomic mass is 9.99. The van der Waals surface area contributed by atoms with Crippen LogP contribution in [-0.4, -0.2) is 44.1 Å². The summed E-state index contributed by atoms with van der Waals surface area (Å²) >= 11 is 0. The van der Waals surface area contributed by atoms with Gasteiger partial charge in [-0.2, -0.15) is 0 Å². The van der Waals surface area contributed by atoms with Crippen LogP contribution in [0.5, 0.6) is 17.2 Å². The van der Waals surface area contributed by atoms with Crippen LogP contribution in [-0.2, 0) is 11.2 Å². The van der Waals surface area contributed by atoms with E-state index in [9.17, 15) is 9.59 Å². The van der Waals surface area contributed by atoms with Crippen LogP contribution in [0, 0.1) is 12.8 Å². The number of hydrogen-bond donors (Lipinski definition) is 1. The number of anilines is 1. The molecule has 0 fully saturated rings. The summed E-state index contributed by atoms with van der Waals surface area (Å²) in [5, 5.41) is 3.02. The van der Waals surface area contributed by atoms with Crippen molar-refractivity contribution in [2.75, 3.05) is 32.8 Å². The molecule has 0 atom stereocenters. The molecule has 7 heteroatoms. The molecule has 0 saturated carbocycles. The maximum atomic E-state index is 13.7. The number of nitrogens with one attached hydrogen (secondary N) is 1. The summed E-state index contributed by atoms with van der Waals surface area (Å²) < 4.78 is 16.9. The number of ether oxygens (including phenoxy) is 3. The lowest BCUT2D eigenvalue weighted by Crippen LogP contribution is -2.25. The Kier molecular flexibility index (Phi) is 6.82. The van der Waals surface area contributed by atoms with Crippen molar-refractivity contribution in [3.8, 4) is 17.2 Å². The monoisotopic (exact) mass is 464 g/mol. The normalized spacial score (nSPS) is 14.4. The molecular weight excluding hydrogens is 432 g/mol. The average molecular weight is 465 g/mol. The molecule has 2 aromatic carbocycles. The number of likely N-dealkylation sites (N-methyl/N-ethyl adjacent to an activating group) is 1. The van der Waals surface area contributed by atoms with Crippen LogP contribution < -0.4 is 19.5 Å². The van der Waals surface area contributed by atoms with Gasteiger partial charge in [0, 0.05) is 36.3 Å². The third-order valence-electron chi connectivity index (χ3n) is 6.70. The smallest absolute Gasteiger partial charge is 0.231 e. The number of ketones is 1. The molecule has 0 aliphatic carbocycles. The summed E-state index contributed by atoms with van der Waals surface area (Å²) in [5.74, 6) is 1.62. The highest BCUT2D eigenvalue weighted by Crippen LogP contribution is 2.46. The second-order valence-corrected chi connectivity index (χ2v) is 8.78. The van der Waals surface area contributed by atoms with E-state index in [0.717, 1.165) is 36.0 Å². The Bertz CT molecular complexity index is 1150. The third-order valence-corrected chi connectivity index (χ3v) is 6.70. The number of Topliss-reactive ketones (excluding diaryl/α,β-unsaturated/α-hetero) is 1. The van der Waals surface area contributed by atoms with Gasteiger partial charge in [-0.1, -0.05) is 26.0 Å². The van der Waals surface area contributed by atoms with Gasteiger partial charge in [0.25, 0.3) is 0 Å².